The Morgan fingerprint density at radius 1 is 1.18 bits per heavy atom. The first-order valence-electron chi connectivity index (χ1n) is 10.7. The van der Waals surface area contributed by atoms with Gasteiger partial charge in [-0.15, -0.1) is 0 Å². The van der Waals surface area contributed by atoms with Crippen LogP contribution in [0.3, 0.4) is 0 Å². The van der Waals surface area contributed by atoms with Crippen molar-refractivity contribution in [3.8, 4) is 0 Å². The zero-order valence-electron chi connectivity index (χ0n) is 18.1. The molecule has 2 N–H and O–H groups in total. The summed E-state index contributed by atoms with van der Waals surface area (Å²) in [5, 5.41) is 10.7. The number of carbonyl (C=O) groups is 1. The molecule has 0 saturated carbocycles. The number of carbonyl (C=O) groups excluding carboxylic acids is 1. The molecule has 33 heavy (non-hydrogen) atoms. The molecular weight excluding hydrogens is 444 g/mol. The Morgan fingerprint density at radius 2 is 2.00 bits per heavy atom. The molecule has 1 amide bonds. The van der Waals surface area contributed by atoms with E-state index in [0.29, 0.717) is 49.8 Å². The molecule has 1 saturated heterocycles. The lowest BCUT2D eigenvalue weighted by Crippen LogP contribution is -2.40. The van der Waals surface area contributed by atoms with Crippen molar-refractivity contribution in [2.24, 2.45) is 7.05 Å². The summed E-state index contributed by atoms with van der Waals surface area (Å²) < 4.78 is 34.5. The van der Waals surface area contributed by atoms with E-state index in [1.165, 1.54) is 4.31 Å². The normalized spacial score (nSPS) is 15.3. The Hall–Kier alpha value is -3.28. The molecule has 1 aliphatic rings. The number of imidazole rings is 1. The van der Waals surface area contributed by atoms with Gasteiger partial charge in [-0.05, 0) is 36.4 Å². The standard InChI is InChI=1S/C22H24N6O4S/c1-27-20-5-3-17(33(30,31)28-8-10-32-11-9-28)13-19(20)25-21(27)6-7-22(29)24-16-2-4-18-15(12-16)14-23-26-18/h2-5,12-14H,6-11H2,1H3,(H,23,26)(H,24,29). The molecule has 5 rings (SSSR count). The molecule has 1 fully saturated rings. The molecule has 11 heteroatoms. The number of aromatic amines is 1. The molecule has 0 spiro atoms. The number of amides is 1. The largest absolute Gasteiger partial charge is 0.379 e. The van der Waals surface area contributed by atoms with Crippen molar-refractivity contribution >= 4 is 43.6 Å². The van der Waals surface area contributed by atoms with Crippen LogP contribution in [0.15, 0.2) is 47.5 Å². The number of nitrogens with one attached hydrogen (secondary N) is 2. The minimum Gasteiger partial charge on any atom is -0.379 e. The third-order valence-corrected chi connectivity index (χ3v) is 7.75. The smallest absolute Gasteiger partial charge is 0.243 e. The Morgan fingerprint density at radius 3 is 2.82 bits per heavy atom. The van der Waals surface area contributed by atoms with Gasteiger partial charge >= 0.3 is 0 Å². The maximum Gasteiger partial charge on any atom is 0.243 e. The zero-order valence-corrected chi connectivity index (χ0v) is 18.9. The number of rotatable bonds is 6. The molecule has 0 unspecified atom stereocenters. The van der Waals surface area contributed by atoms with E-state index in [9.17, 15) is 13.2 Å². The topological polar surface area (TPSA) is 122 Å². The first kappa shape index (κ1) is 21.6. The lowest BCUT2D eigenvalue weighted by Gasteiger charge is -2.26. The average molecular weight is 469 g/mol. The summed E-state index contributed by atoms with van der Waals surface area (Å²) in [7, 11) is -1.73. The Balaban J connectivity index is 1.30. The summed E-state index contributed by atoms with van der Waals surface area (Å²) in [5.41, 5.74) is 3.02. The van der Waals surface area contributed by atoms with E-state index in [2.05, 4.69) is 20.5 Å². The van der Waals surface area contributed by atoms with Crippen molar-refractivity contribution in [2.45, 2.75) is 17.7 Å². The quantitative estimate of drug-likeness (QED) is 0.447. The minimum absolute atomic E-state index is 0.125. The van der Waals surface area contributed by atoms with Crippen LogP contribution in [0.25, 0.3) is 21.9 Å². The van der Waals surface area contributed by atoms with Crippen LogP contribution in [0.5, 0.6) is 0 Å². The molecule has 0 aliphatic carbocycles. The number of hydrogen-bond acceptors (Lipinski definition) is 6. The van der Waals surface area contributed by atoms with Gasteiger partial charge < -0.3 is 14.6 Å². The highest BCUT2D eigenvalue weighted by Gasteiger charge is 2.27. The average Bonchev–Trinajstić information content (AvgIpc) is 3.42. The summed E-state index contributed by atoms with van der Waals surface area (Å²) in [6.07, 6.45) is 2.38. The third kappa shape index (κ3) is 4.22. The molecule has 172 valence electrons. The van der Waals surface area contributed by atoms with E-state index in [0.717, 1.165) is 16.4 Å². The number of sulfonamides is 1. The monoisotopic (exact) mass is 468 g/mol. The maximum atomic E-state index is 13.0. The summed E-state index contributed by atoms with van der Waals surface area (Å²) in [6.45, 7) is 1.48. The Labute approximate surface area is 190 Å². The van der Waals surface area contributed by atoms with Crippen LogP contribution in [0, 0.1) is 0 Å². The van der Waals surface area contributed by atoms with Gasteiger partial charge in [0.25, 0.3) is 0 Å². The van der Waals surface area contributed by atoms with Crippen molar-refractivity contribution in [2.75, 3.05) is 31.6 Å². The van der Waals surface area contributed by atoms with Gasteiger partial charge in [-0.3, -0.25) is 9.89 Å². The molecular formula is C22H24N6O4S. The van der Waals surface area contributed by atoms with Crippen LogP contribution in [-0.2, 0) is 33.0 Å². The number of aromatic nitrogens is 4. The fraction of sp³-hybridized carbons (Fsp3) is 0.318. The first-order chi connectivity index (χ1) is 15.9. The fourth-order valence-electron chi connectivity index (χ4n) is 4.02. The summed E-state index contributed by atoms with van der Waals surface area (Å²) in [4.78, 5) is 17.3. The van der Waals surface area contributed by atoms with Gasteiger partial charge in [0.05, 0.1) is 40.9 Å². The highest BCUT2D eigenvalue weighted by atomic mass is 32.2. The van der Waals surface area contributed by atoms with Gasteiger partial charge in [-0.25, -0.2) is 13.4 Å². The number of nitrogens with zero attached hydrogens (tertiary/aromatic N) is 4. The molecule has 0 bridgehead atoms. The predicted molar refractivity (Wildman–Crippen MR) is 123 cm³/mol. The summed E-state index contributed by atoms with van der Waals surface area (Å²) in [6, 6.07) is 10.5. The van der Waals surface area contributed by atoms with Crippen molar-refractivity contribution in [1.82, 2.24) is 24.1 Å². The van der Waals surface area contributed by atoms with E-state index in [1.807, 2.05) is 29.8 Å². The number of anilines is 1. The van der Waals surface area contributed by atoms with Gasteiger partial charge in [0.1, 0.15) is 5.82 Å². The van der Waals surface area contributed by atoms with Crippen molar-refractivity contribution in [3.63, 3.8) is 0 Å². The van der Waals surface area contributed by atoms with Gasteiger partial charge in [0, 0.05) is 44.1 Å². The highest BCUT2D eigenvalue weighted by Crippen LogP contribution is 2.24. The van der Waals surface area contributed by atoms with Crippen molar-refractivity contribution in [1.29, 1.82) is 0 Å². The fourth-order valence-corrected chi connectivity index (χ4v) is 5.45. The van der Waals surface area contributed by atoms with Crippen LogP contribution in [0.2, 0.25) is 0 Å². The number of benzene rings is 2. The van der Waals surface area contributed by atoms with Gasteiger partial charge in [0.2, 0.25) is 15.9 Å². The number of aryl methyl sites for hydroxylation is 2. The van der Waals surface area contributed by atoms with E-state index in [1.54, 1.807) is 24.4 Å². The second kappa shape index (κ2) is 8.58. The van der Waals surface area contributed by atoms with Crippen LogP contribution in [0.1, 0.15) is 12.2 Å². The molecule has 0 atom stereocenters. The molecule has 2 aromatic heterocycles. The van der Waals surface area contributed by atoms with Crippen LogP contribution < -0.4 is 5.32 Å². The summed E-state index contributed by atoms with van der Waals surface area (Å²) in [5.74, 6) is 0.590. The minimum atomic E-state index is -3.60. The van der Waals surface area contributed by atoms with Gasteiger partial charge in [-0.1, -0.05) is 0 Å². The maximum absolute atomic E-state index is 13.0. The number of H-pyrrole nitrogens is 1. The molecule has 3 heterocycles. The first-order valence-corrected chi connectivity index (χ1v) is 12.1. The van der Waals surface area contributed by atoms with Crippen molar-refractivity contribution in [3.05, 3.63) is 48.4 Å². The predicted octanol–water partition coefficient (Wildman–Crippen LogP) is 2.04. The highest BCUT2D eigenvalue weighted by molar-refractivity contribution is 7.89. The lowest BCUT2D eigenvalue weighted by molar-refractivity contribution is -0.116. The van der Waals surface area contributed by atoms with E-state index in [4.69, 9.17) is 4.74 Å². The van der Waals surface area contributed by atoms with Gasteiger partial charge in [-0.2, -0.15) is 9.40 Å². The van der Waals surface area contributed by atoms with Crippen LogP contribution in [-0.4, -0.2) is 64.7 Å². The number of morpholine rings is 1. The second-order valence-corrected chi connectivity index (χ2v) is 9.91. The third-order valence-electron chi connectivity index (χ3n) is 5.85. The Kier molecular flexibility index (Phi) is 5.60. The molecule has 0 radical (unpaired) electrons. The van der Waals surface area contributed by atoms with Crippen molar-refractivity contribution < 1.29 is 17.9 Å². The van der Waals surface area contributed by atoms with Crippen LogP contribution in [0.4, 0.5) is 5.69 Å². The number of ether oxygens (including phenoxy) is 1. The van der Waals surface area contributed by atoms with Gasteiger partial charge in [0.15, 0.2) is 0 Å². The lowest BCUT2D eigenvalue weighted by atomic mass is 10.2. The molecule has 4 aromatic rings. The number of hydrogen-bond donors (Lipinski definition) is 2. The van der Waals surface area contributed by atoms with Crippen LogP contribution >= 0.6 is 0 Å². The molecule has 10 nitrogen and oxygen atoms in total. The zero-order chi connectivity index (χ0) is 23.0. The SMILES string of the molecule is Cn1c(CCC(=O)Nc2ccc3[nH]ncc3c2)nc2cc(S(=O)(=O)N3CCOCC3)ccc21. The molecule has 2 aromatic carbocycles. The summed E-state index contributed by atoms with van der Waals surface area (Å²) >= 11 is 0. The second-order valence-electron chi connectivity index (χ2n) is 7.97. The molecule has 1 aliphatic heterocycles. The van der Waals surface area contributed by atoms with E-state index in [-0.39, 0.29) is 17.2 Å². The van der Waals surface area contributed by atoms with E-state index >= 15 is 0 Å². The number of fused-ring (bicyclic) bond motifs is 2. The van der Waals surface area contributed by atoms with E-state index < -0.39 is 10.0 Å². The Bertz CT molecular complexity index is 1440.